The maximum atomic E-state index is 5.89. The molecule has 0 radical (unpaired) electrons. The molecular weight excluding hydrogens is 264 g/mol. The Morgan fingerprint density at radius 3 is 3.14 bits per heavy atom. The molecule has 21 heavy (non-hydrogen) atoms. The molecule has 1 aliphatic heterocycles. The van der Waals surface area contributed by atoms with Gasteiger partial charge >= 0.3 is 0 Å². The second kappa shape index (κ2) is 6.81. The van der Waals surface area contributed by atoms with Gasteiger partial charge in [-0.2, -0.15) is 0 Å². The van der Waals surface area contributed by atoms with E-state index < -0.39 is 0 Å². The summed E-state index contributed by atoms with van der Waals surface area (Å²) in [6.45, 7) is 5.95. The van der Waals surface area contributed by atoms with Crippen LogP contribution in [0.4, 0.5) is 0 Å². The van der Waals surface area contributed by atoms with Crippen LogP contribution in [0.15, 0.2) is 6.20 Å². The number of hydrogen-bond donors (Lipinski definition) is 1. The summed E-state index contributed by atoms with van der Waals surface area (Å²) in [6, 6.07) is 0.399. The number of aryl methyl sites for hydroxylation is 1. The van der Waals surface area contributed by atoms with Crippen molar-refractivity contribution in [2.45, 2.75) is 44.8 Å². The lowest BCUT2D eigenvalue weighted by atomic mass is 10.1. The Hall–Kier alpha value is -1.04. The molecule has 0 saturated carbocycles. The van der Waals surface area contributed by atoms with Crippen LogP contribution >= 0.6 is 0 Å². The van der Waals surface area contributed by atoms with Crippen molar-refractivity contribution >= 4 is 0 Å². The minimum Gasteiger partial charge on any atom is -0.368 e. The Bertz CT molecular complexity index is 479. The van der Waals surface area contributed by atoms with Crippen LogP contribution in [-0.2, 0) is 11.2 Å². The van der Waals surface area contributed by atoms with Gasteiger partial charge in [-0.15, -0.1) is 0 Å². The quantitative estimate of drug-likeness (QED) is 0.861. The van der Waals surface area contributed by atoms with Gasteiger partial charge in [0, 0.05) is 36.6 Å². The fourth-order valence-electron chi connectivity index (χ4n) is 3.33. The third-order valence-electron chi connectivity index (χ3n) is 4.68. The molecule has 5 nitrogen and oxygen atoms in total. The number of nitrogens with one attached hydrogen (secondary N) is 1. The number of fused-ring (bicyclic) bond motifs is 1. The summed E-state index contributed by atoms with van der Waals surface area (Å²) in [6.07, 6.45) is 6.76. The minimum absolute atomic E-state index is 0.0280. The Labute approximate surface area is 127 Å². The zero-order chi connectivity index (χ0) is 14.7. The maximum Gasteiger partial charge on any atom is 0.158 e. The van der Waals surface area contributed by atoms with E-state index in [1.54, 1.807) is 0 Å². The highest BCUT2D eigenvalue weighted by Crippen LogP contribution is 2.28. The summed E-state index contributed by atoms with van der Waals surface area (Å²) in [5.74, 6) is 0.864. The number of nitrogens with zero attached hydrogens (tertiary/aromatic N) is 3. The highest BCUT2D eigenvalue weighted by Gasteiger charge is 2.25. The van der Waals surface area contributed by atoms with Crippen molar-refractivity contribution in [3.8, 4) is 0 Å². The second-order valence-corrected chi connectivity index (χ2v) is 5.97. The average molecular weight is 290 g/mol. The van der Waals surface area contributed by atoms with Gasteiger partial charge in [0.1, 0.15) is 6.10 Å². The van der Waals surface area contributed by atoms with Crippen LogP contribution in [0.25, 0.3) is 0 Å². The molecule has 1 aromatic heterocycles. The molecule has 3 rings (SSSR count). The van der Waals surface area contributed by atoms with Crippen molar-refractivity contribution < 1.29 is 4.74 Å². The van der Waals surface area contributed by atoms with Gasteiger partial charge in [-0.05, 0) is 32.9 Å². The third kappa shape index (κ3) is 3.25. The van der Waals surface area contributed by atoms with E-state index in [0.717, 1.165) is 38.5 Å². The van der Waals surface area contributed by atoms with Crippen molar-refractivity contribution in [2.24, 2.45) is 0 Å². The number of morpholine rings is 1. The van der Waals surface area contributed by atoms with Crippen LogP contribution in [0.2, 0.25) is 0 Å². The van der Waals surface area contributed by atoms with Crippen molar-refractivity contribution in [1.29, 1.82) is 0 Å². The van der Waals surface area contributed by atoms with Crippen LogP contribution in [0, 0.1) is 0 Å². The monoisotopic (exact) mass is 290 g/mol. The van der Waals surface area contributed by atoms with Crippen molar-refractivity contribution in [2.75, 3.05) is 33.3 Å². The summed E-state index contributed by atoms with van der Waals surface area (Å²) in [4.78, 5) is 11.9. The third-order valence-corrected chi connectivity index (χ3v) is 4.68. The lowest BCUT2D eigenvalue weighted by molar-refractivity contribution is -0.0327. The molecule has 2 unspecified atom stereocenters. The minimum atomic E-state index is 0.0280. The smallest absolute Gasteiger partial charge is 0.158 e. The van der Waals surface area contributed by atoms with E-state index in [1.807, 2.05) is 13.2 Å². The topological polar surface area (TPSA) is 50.3 Å². The SMILES string of the molecule is CCN1CCOC(c2ncc3c(n2)CCCCC3NC)C1. The van der Waals surface area contributed by atoms with Gasteiger partial charge in [-0.3, -0.25) is 4.90 Å². The normalized spacial score (nSPS) is 27.1. The lowest BCUT2D eigenvalue weighted by Crippen LogP contribution is -2.38. The van der Waals surface area contributed by atoms with Crippen LogP contribution in [0.5, 0.6) is 0 Å². The van der Waals surface area contributed by atoms with E-state index in [-0.39, 0.29) is 6.10 Å². The van der Waals surface area contributed by atoms with Gasteiger partial charge in [0.2, 0.25) is 0 Å². The molecule has 0 aromatic carbocycles. The van der Waals surface area contributed by atoms with Crippen LogP contribution < -0.4 is 5.32 Å². The summed E-state index contributed by atoms with van der Waals surface area (Å²) < 4.78 is 5.89. The second-order valence-electron chi connectivity index (χ2n) is 5.97. The predicted molar refractivity (Wildman–Crippen MR) is 82.2 cm³/mol. The molecule has 116 valence electrons. The largest absolute Gasteiger partial charge is 0.368 e. The lowest BCUT2D eigenvalue weighted by Gasteiger charge is -2.31. The van der Waals surface area contributed by atoms with E-state index in [9.17, 15) is 0 Å². The van der Waals surface area contributed by atoms with Gasteiger partial charge in [0.25, 0.3) is 0 Å². The summed E-state index contributed by atoms with van der Waals surface area (Å²) in [7, 11) is 2.02. The van der Waals surface area contributed by atoms with Crippen molar-refractivity contribution in [1.82, 2.24) is 20.2 Å². The summed E-state index contributed by atoms with van der Waals surface area (Å²) in [5.41, 5.74) is 2.50. The molecule has 0 amide bonds. The standard InChI is InChI=1S/C16H26N4O/c1-3-20-8-9-21-15(11-20)16-18-10-12-13(17-2)6-4-5-7-14(12)19-16/h10,13,15,17H,3-9,11H2,1-2H3. The molecule has 1 fully saturated rings. The maximum absolute atomic E-state index is 5.89. The molecule has 1 N–H and O–H groups in total. The van der Waals surface area contributed by atoms with Gasteiger partial charge in [0.15, 0.2) is 5.82 Å². The Morgan fingerprint density at radius 1 is 1.43 bits per heavy atom. The average Bonchev–Trinajstić information content (AvgIpc) is 2.76. The van der Waals surface area contributed by atoms with Crippen LogP contribution in [-0.4, -0.2) is 48.2 Å². The highest BCUT2D eigenvalue weighted by molar-refractivity contribution is 5.24. The summed E-state index contributed by atoms with van der Waals surface area (Å²) >= 11 is 0. The van der Waals surface area contributed by atoms with E-state index in [4.69, 9.17) is 9.72 Å². The fourth-order valence-corrected chi connectivity index (χ4v) is 3.33. The van der Waals surface area contributed by atoms with Gasteiger partial charge in [-0.25, -0.2) is 9.97 Å². The Kier molecular flexibility index (Phi) is 4.83. The van der Waals surface area contributed by atoms with E-state index >= 15 is 0 Å². The molecular formula is C16H26N4O. The number of likely N-dealkylation sites (N-methyl/N-ethyl adjacent to an activating group) is 1. The number of hydrogen-bond acceptors (Lipinski definition) is 5. The molecule has 1 saturated heterocycles. The van der Waals surface area contributed by atoms with E-state index in [2.05, 4.69) is 22.1 Å². The highest BCUT2D eigenvalue weighted by atomic mass is 16.5. The first kappa shape index (κ1) is 14.9. The zero-order valence-corrected chi connectivity index (χ0v) is 13.1. The predicted octanol–water partition coefficient (Wildman–Crippen LogP) is 1.86. The molecule has 0 bridgehead atoms. The Morgan fingerprint density at radius 2 is 2.33 bits per heavy atom. The van der Waals surface area contributed by atoms with Crippen LogP contribution in [0.1, 0.15) is 55.4 Å². The van der Waals surface area contributed by atoms with E-state index in [1.165, 1.54) is 30.5 Å². The Balaban J connectivity index is 1.83. The first-order chi connectivity index (χ1) is 10.3. The number of ether oxygens (including phenoxy) is 1. The summed E-state index contributed by atoms with van der Waals surface area (Å²) in [5, 5.41) is 3.40. The molecule has 5 heteroatoms. The van der Waals surface area contributed by atoms with E-state index in [0.29, 0.717) is 6.04 Å². The van der Waals surface area contributed by atoms with Gasteiger partial charge in [0.05, 0.1) is 6.61 Å². The molecule has 2 aliphatic rings. The van der Waals surface area contributed by atoms with Gasteiger partial charge in [-0.1, -0.05) is 13.3 Å². The molecule has 0 spiro atoms. The first-order valence-electron chi connectivity index (χ1n) is 8.18. The number of aromatic nitrogens is 2. The molecule has 1 aliphatic carbocycles. The zero-order valence-electron chi connectivity index (χ0n) is 13.1. The molecule has 2 heterocycles. The molecule has 1 aromatic rings. The van der Waals surface area contributed by atoms with Crippen molar-refractivity contribution in [3.63, 3.8) is 0 Å². The van der Waals surface area contributed by atoms with Crippen molar-refractivity contribution in [3.05, 3.63) is 23.3 Å². The van der Waals surface area contributed by atoms with Gasteiger partial charge < -0.3 is 10.1 Å². The fraction of sp³-hybridized carbons (Fsp3) is 0.750. The first-order valence-corrected chi connectivity index (χ1v) is 8.18. The molecule has 2 atom stereocenters. The number of rotatable bonds is 3. The van der Waals surface area contributed by atoms with Crippen LogP contribution in [0.3, 0.4) is 0 Å².